The minimum absolute atomic E-state index is 0.0144. The molecular formula is C22H21ClN2O2. The second-order valence-corrected chi connectivity index (χ2v) is 7.90. The average Bonchev–Trinajstić information content (AvgIpc) is 3.20. The predicted octanol–water partition coefficient (Wildman–Crippen LogP) is 4.58. The number of halogens is 1. The first-order valence-electron chi connectivity index (χ1n) is 9.34. The van der Waals surface area contributed by atoms with Gasteiger partial charge in [0.1, 0.15) is 11.8 Å². The maximum absolute atomic E-state index is 12.3. The Balaban J connectivity index is 1.30. The number of nitrogens with zero attached hydrogens (tertiary/aromatic N) is 1. The molecule has 2 unspecified atom stereocenters. The predicted molar refractivity (Wildman–Crippen MR) is 104 cm³/mol. The Morgan fingerprint density at radius 1 is 1.07 bits per heavy atom. The van der Waals surface area contributed by atoms with Gasteiger partial charge >= 0.3 is 0 Å². The third-order valence-corrected chi connectivity index (χ3v) is 6.02. The van der Waals surface area contributed by atoms with Crippen molar-refractivity contribution in [1.82, 2.24) is 5.32 Å². The van der Waals surface area contributed by atoms with Gasteiger partial charge in [0.15, 0.2) is 0 Å². The molecule has 27 heavy (non-hydrogen) atoms. The van der Waals surface area contributed by atoms with E-state index in [0.29, 0.717) is 28.0 Å². The van der Waals surface area contributed by atoms with Crippen molar-refractivity contribution in [2.24, 2.45) is 11.8 Å². The Morgan fingerprint density at radius 3 is 2.41 bits per heavy atom. The molecule has 0 radical (unpaired) electrons. The van der Waals surface area contributed by atoms with Gasteiger partial charge in [-0.15, -0.1) is 0 Å². The topological polar surface area (TPSA) is 62.1 Å². The van der Waals surface area contributed by atoms with E-state index >= 15 is 0 Å². The fourth-order valence-electron chi connectivity index (χ4n) is 4.49. The number of hydrogen-bond donors (Lipinski definition) is 1. The molecule has 2 aromatic carbocycles. The number of carbonyl (C=O) groups excluding carboxylic acids is 1. The molecule has 4 rings (SSSR count). The Kier molecular flexibility index (Phi) is 5.05. The fourth-order valence-corrected chi connectivity index (χ4v) is 4.70. The van der Waals surface area contributed by atoms with Gasteiger partial charge < -0.3 is 10.1 Å². The lowest BCUT2D eigenvalue weighted by Crippen LogP contribution is -2.33. The molecule has 0 saturated heterocycles. The van der Waals surface area contributed by atoms with E-state index < -0.39 is 0 Å². The molecule has 0 bridgehead atoms. The molecule has 0 spiro atoms. The van der Waals surface area contributed by atoms with Crippen molar-refractivity contribution in [2.75, 3.05) is 0 Å². The molecule has 0 aromatic heterocycles. The van der Waals surface area contributed by atoms with Crippen molar-refractivity contribution in [1.29, 1.82) is 5.26 Å². The van der Waals surface area contributed by atoms with Crippen LogP contribution in [0.25, 0.3) is 0 Å². The number of nitriles is 1. The van der Waals surface area contributed by atoms with Gasteiger partial charge in [0, 0.05) is 17.7 Å². The summed E-state index contributed by atoms with van der Waals surface area (Å²) in [5.74, 6) is 1.91. The van der Waals surface area contributed by atoms with E-state index in [1.54, 1.807) is 18.2 Å². The molecule has 5 heteroatoms. The molecule has 2 saturated carbocycles. The number of carbonyl (C=O) groups is 1. The average molecular weight is 381 g/mol. The highest BCUT2D eigenvalue weighted by atomic mass is 35.5. The summed E-state index contributed by atoms with van der Waals surface area (Å²) in [6.45, 7) is 0. The second kappa shape index (κ2) is 7.62. The zero-order valence-electron chi connectivity index (χ0n) is 14.9. The number of amides is 1. The molecule has 2 atom stereocenters. The maximum atomic E-state index is 12.3. The quantitative estimate of drug-likeness (QED) is 0.844. The van der Waals surface area contributed by atoms with Gasteiger partial charge in [-0.3, -0.25) is 4.79 Å². The third-order valence-electron chi connectivity index (χ3n) is 5.71. The van der Waals surface area contributed by atoms with Crippen LogP contribution in [0.4, 0.5) is 0 Å². The van der Waals surface area contributed by atoms with Crippen molar-refractivity contribution in [3.05, 3.63) is 64.7 Å². The molecule has 1 amide bonds. The van der Waals surface area contributed by atoms with E-state index in [2.05, 4.69) is 11.4 Å². The number of nitrogens with one attached hydrogen (secondary N) is 1. The van der Waals surface area contributed by atoms with Crippen LogP contribution in [-0.2, 0) is 0 Å². The van der Waals surface area contributed by atoms with Crippen LogP contribution in [0.5, 0.6) is 5.75 Å². The Morgan fingerprint density at radius 2 is 1.78 bits per heavy atom. The van der Waals surface area contributed by atoms with E-state index in [4.69, 9.17) is 21.6 Å². The van der Waals surface area contributed by atoms with Gasteiger partial charge in [-0.05, 0) is 61.8 Å². The molecule has 4 nitrogen and oxygen atoms in total. The molecule has 0 heterocycles. The van der Waals surface area contributed by atoms with Crippen LogP contribution in [0.1, 0.15) is 41.6 Å². The maximum Gasteiger partial charge on any atom is 0.251 e. The monoisotopic (exact) mass is 380 g/mol. The first-order chi connectivity index (χ1) is 13.1. The minimum atomic E-state index is 0.0144. The third kappa shape index (κ3) is 3.94. The minimum Gasteiger partial charge on any atom is -0.490 e. The van der Waals surface area contributed by atoms with E-state index in [9.17, 15) is 4.79 Å². The lowest BCUT2D eigenvalue weighted by Gasteiger charge is -2.18. The summed E-state index contributed by atoms with van der Waals surface area (Å²) in [5, 5.41) is 12.6. The number of fused-ring (bicyclic) bond motifs is 1. The van der Waals surface area contributed by atoms with Gasteiger partial charge in [0.05, 0.1) is 16.7 Å². The standard InChI is InChI=1S/C22H21ClN2O2/c23-21-12-19(7-6-15(21)13-24)27-20-10-16-8-18(9-17(16)11-20)25-22(26)14-4-2-1-3-5-14/h1-7,12,16-18,20H,8-11H2,(H,25,26). The smallest absolute Gasteiger partial charge is 0.251 e. The number of ether oxygens (including phenoxy) is 1. The molecule has 2 aliphatic carbocycles. The van der Waals surface area contributed by atoms with E-state index in [1.165, 1.54) is 0 Å². The molecular weight excluding hydrogens is 360 g/mol. The molecule has 2 fully saturated rings. The Labute approximate surface area is 164 Å². The van der Waals surface area contributed by atoms with Crippen molar-refractivity contribution in [2.45, 2.75) is 37.8 Å². The highest BCUT2D eigenvalue weighted by molar-refractivity contribution is 6.31. The lowest BCUT2D eigenvalue weighted by molar-refractivity contribution is 0.0935. The first-order valence-corrected chi connectivity index (χ1v) is 9.72. The molecule has 2 aromatic rings. The van der Waals surface area contributed by atoms with Crippen LogP contribution in [-0.4, -0.2) is 18.1 Å². The molecule has 2 aliphatic rings. The van der Waals surface area contributed by atoms with Gasteiger partial charge in [-0.2, -0.15) is 5.26 Å². The van der Waals surface area contributed by atoms with E-state index in [1.807, 2.05) is 30.3 Å². The van der Waals surface area contributed by atoms with E-state index in [-0.39, 0.29) is 18.1 Å². The Bertz CT molecular complexity index is 864. The molecule has 138 valence electrons. The van der Waals surface area contributed by atoms with Gasteiger partial charge in [0.2, 0.25) is 0 Å². The van der Waals surface area contributed by atoms with Crippen molar-refractivity contribution in [3.8, 4) is 11.8 Å². The fraction of sp³-hybridized carbons (Fsp3) is 0.364. The lowest BCUT2D eigenvalue weighted by atomic mass is 10.0. The Hall–Kier alpha value is -2.51. The van der Waals surface area contributed by atoms with Gasteiger partial charge in [-0.25, -0.2) is 0 Å². The summed E-state index contributed by atoms with van der Waals surface area (Å²) >= 11 is 6.09. The highest BCUT2D eigenvalue weighted by Crippen LogP contribution is 2.45. The van der Waals surface area contributed by atoms with Crippen LogP contribution in [0.2, 0.25) is 5.02 Å². The van der Waals surface area contributed by atoms with Crippen LogP contribution in [0.15, 0.2) is 48.5 Å². The van der Waals surface area contributed by atoms with Gasteiger partial charge in [0.25, 0.3) is 5.91 Å². The summed E-state index contributed by atoms with van der Waals surface area (Å²) in [7, 11) is 0. The zero-order chi connectivity index (χ0) is 18.8. The molecule has 1 N–H and O–H groups in total. The highest BCUT2D eigenvalue weighted by Gasteiger charge is 2.43. The van der Waals surface area contributed by atoms with Crippen LogP contribution in [0, 0.1) is 23.2 Å². The van der Waals surface area contributed by atoms with E-state index in [0.717, 1.165) is 31.4 Å². The van der Waals surface area contributed by atoms with Crippen molar-refractivity contribution >= 4 is 17.5 Å². The number of rotatable bonds is 4. The summed E-state index contributed by atoms with van der Waals surface area (Å²) in [4.78, 5) is 12.3. The largest absolute Gasteiger partial charge is 0.490 e. The van der Waals surface area contributed by atoms with Crippen molar-refractivity contribution < 1.29 is 9.53 Å². The normalized spacial score (nSPS) is 26.2. The zero-order valence-corrected chi connectivity index (χ0v) is 15.7. The SMILES string of the molecule is N#Cc1ccc(OC2CC3CC(NC(=O)c4ccccc4)CC3C2)cc1Cl. The summed E-state index contributed by atoms with van der Waals surface area (Å²) in [6.07, 6.45) is 4.20. The van der Waals surface area contributed by atoms with Gasteiger partial charge in [-0.1, -0.05) is 29.8 Å². The summed E-state index contributed by atoms with van der Waals surface area (Å²) in [5.41, 5.74) is 1.18. The summed E-state index contributed by atoms with van der Waals surface area (Å²) < 4.78 is 6.10. The first kappa shape index (κ1) is 17.9. The van der Waals surface area contributed by atoms with Crippen LogP contribution in [0.3, 0.4) is 0 Å². The molecule has 0 aliphatic heterocycles. The number of hydrogen-bond acceptors (Lipinski definition) is 3. The number of benzene rings is 2. The van der Waals surface area contributed by atoms with Crippen molar-refractivity contribution in [3.63, 3.8) is 0 Å². The second-order valence-electron chi connectivity index (χ2n) is 7.49. The van der Waals surface area contributed by atoms with Crippen LogP contribution >= 0.6 is 11.6 Å². The summed E-state index contributed by atoms with van der Waals surface area (Å²) in [6, 6.07) is 16.9. The van der Waals surface area contributed by atoms with Crippen LogP contribution < -0.4 is 10.1 Å².